The Morgan fingerprint density at radius 2 is 1.92 bits per heavy atom. The molecule has 0 aliphatic heterocycles. The van der Waals surface area contributed by atoms with E-state index in [1.54, 1.807) is 12.1 Å². The van der Waals surface area contributed by atoms with Crippen LogP contribution < -0.4 is 0 Å². The molecular formula is C23H28O2. The minimum atomic E-state index is -0.900. The second-order valence-electron chi connectivity index (χ2n) is 7.43. The van der Waals surface area contributed by atoms with Gasteiger partial charge in [0.25, 0.3) is 0 Å². The van der Waals surface area contributed by atoms with Crippen molar-refractivity contribution in [3.63, 3.8) is 0 Å². The molecule has 132 valence electrons. The van der Waals surface area contributed by atoms with Crippen LogP contribution in [-0.2, 0) is 0 Å². The lowest BCUT2D eigenvalue weighted by atomic mass is 9.72. The van der Waals surface area contributed by atoms with Crippen molar-refractivity contribution in [2.24, 2.45) is 5.41 Å². The fraction of sp³-hybridized carbons (Fsp3) is 0.348. The van der Waals surface area contributed by atoms with Crippen molar-refractivity contribution in [3.8, 4) is 0 Å². The van der Waals surface area contributed by atoms with Crippen molar-refractivity contribution in [1.29, 1.82) is 0 Å². The van der Waals surface area contributed by atoms with E-state index in [-0.39, 0.29) is 5.41 Å². The first-order valence-corrected chi connectivity index (χ1v) is 8.87. The fourth-order valence-electron chi connectivity index (χ4n) is 3.42. The highest BCUT2D eigenvalue weighted by molar-refractivity contribution is 5.92. The van der Waals surface area contributed by atoms with Crippen molar-refractivity contribution in [3.05, 3.63) is 76.4 Å². The second kappa shape index (κ2) is 8.15. The summed E-state index contributed by atoms with van der Waals surface area (Å²) in [6.45, 7) is 8.94. The molecule has 1 aliphatic carbocycles. The normalized spacial score (nSPS) is 18.3. The van der Waals surface area contributed by atoms with E-state index >= 15 is 0 Å². The van der Waals surface area contributed by atoms with Gasteiger partial charge in [-0.05, 0) is 55.7 Å². The fourth-order valence-corrected chi connectivity index (χ4v) is 3.42. The summed E-state index contributed by atoms with van der Waals surface area (Å²) >= 11 is 0. The highest BCUT2D eigenvalue weighted by Crippen LogP contribution is 2.40. The lowest BCUT2D eigenvalue weighted by molar-refractivity contribution is 0.0696. The molecule has 0 bridgehead atoms. The molecule has 25 heavy (non-hydrogen) atoms. The summed E-state index contributed by atoms with van der Waals surface area (Å²) in [6.07, 6.45) is 13.9. The van der Waals surface area contributed by atoms with Crippen LogP contribution in [0.3, 0.4) is 0 Å². The Balaban J connectivity index is 2.14. The molecule has 0 saturated heterocycles. The van der Waals surface area contributed by atoms with Crippen molar-refractivity contribution in [2.75, 3.05) is 0 Å². The molecular weight excluding hydrogens is 308 g/mol. The lowest BCUT2D eigenvalue weighted by Gasteiger charge is -2.32. The summed E-state index contributed by atoms with van der Waals surface area (Å²) < 4.78 is 0. The summed E-state index contributed by atoms with van der Waals surface area (Å²) in [5, 5.41) is 9.21. The topological polar surface area (TPSA) is 37.3 Å². The Labute approximate surface area is 151 Å². The van der Waals surface area contributed by atoms with Gasteiger partial charge < -0.3 is 5.11 Å². The Bertz CT molecular complexity index is 758. The highest BCUT2D eigenvalue weighted by Gasteiger charge is 2.26. The molecule has 0 heterocycles. The van der Waals surface area contributed by atoms with E-state index in [1.807, 2.05) is 30.4 Å². The first-order valence-electron chi connectivity index (χ1n) is 8.87. The van der Waals surface area contributed by atoms with E-state index < -0.39 is 5.97 Å². The van der Waals surface area contributed by atoms with Crippen LogP contribution in [-0.4, -0.2) is 11.1 Å². The summed E-state index contributed by atoms with van der Waals surface area (Å²) in [5.41, 5.74) is 5.37. The first kappa shape index (κ1) is 19.0. The molecule has 0 unspecified atom stereocenters. The zero-order chi connectivity index (χ0) is 18.4. The number of hydrogen-bond acceptors (Lipinski definition) is 1. The van der Waals surface area contributed by atoms with Crippen LogP contribution in [0.25, 0.3) is 6.08 Å². The number of hydrogen-bond donors (Lipinski definition) is 1. The van der Waals surface area contributed by atoms with Gasteiger partial charge in [-0.25, -0.2) is 4.79 Å². The molecule has 0 amide bonds. The third kappa shape index (κ3) is 5.06. The van der Waals surface area contributed by atoms with Gasteiger partial charge in [0, 0.05) is 0 Å². The van der Waals surface area contributed by atoms with Crippen molar-refractivity contribution in [2.45, 2.75) is 47.0 Å². The van der Waals surface area contributed by atoms with Crippen molar-refractivity contribution < 1.29 is 9.90 Å². The maximum Gasteiger partial charge on any atom is 0.336 e. The van der Waals surface area contributed by atoms with Gasteiger partial charge in [0.15, 0.2) is 0 Å². The molecule has 1 aromatic rings. The van der Waals surface area contributed by atoms with Crippen LogP contribution >= 0.6 is 0 Å². The molecule has 2 heteroatoms. The summed E-state index contributed by atoms with van der Waals surface area (Å²) in [4.78, 5) is 11.2. The average molecular weight is 336 g/mol. The minimum Gasteiger partial charge on any atom is -0.478 e. The molecule has 1 N–H and O–H groups in total. The molecule has 0 atom stereocenters. The Morgan fingerprint density at radius 1 is 1.20 bits per heavy atom. The van der Waals surface area contributed by atoms with Crippen molar-refractivity contribution in [1.82, 2.24) is 0 Å². The Morgan fingerprint density at radius 3 is 2.60 bits per heavy atom. The van der Waals surface area contributed by atoms with E-state index in [9.17, 15) is 9.90 Å². The van der Waals surface area contributed by atoms with Crippen LogP contribution in [0, 0.1) is 5.41 Å². The molecule has 0 fully saturated rings. The van der Waals surface area contributed by atoms with Gasteiger partial charge in [0.05, 0.1) is 5.56 Å². The van der Waals surface area contributed by atoms with Crippen LogP contribution in [0.2, 0.25) is 0 Å². The zero-order valence-corrected chi connectivity index (χ0v) is 15.7. The molecule has 0 aromatic heterocycles. The average Bonchev–Trinajstić information content (AvgIpc) is 2.54. The molecule has 1 aliphatic rings. The molecule has 2 nitrogen and oxygen atoms in total. The zero-order valence-electron chi connectivity index (χ0n) is 15.7. The largest absolute Gasteiger partial charge is 0.478 e. The van der Waals surface area contributed by atoms with E-state index in [0.717, 1.165) is 11.1 Å². The number of carboxylic acids is 1. The second-order valence-corrected chi connectivity index (χ2v) is 7.43. The third-order valence-electron chi connectivity index (χ3n) is 4.88. The van der Waals surface area contributed by atoms with Gasteiger partial charge in [0.2, 0.25) is 0 Å². The van der Waals surface area contributed by atoms with Gasteiger partial charge in [-0.2, -0.15) is 0 Å². The maximum atomic E-state index is 11.2. The molecule has 1 aromatic carbocycles. The van der Waals surface area contributed by atoms with Gasteiger partial charge in [-0.1, -0.05) is 73.6 Å². The molecule has 2 rings (SSSR count). The van der Waals surface area contributed by atoms with E-state index in [4.69, 9.17) is 0 Å². The summed E-state index contributed by atoms with van der Waals surface area (Å²) in [6, 6.07) is 7.03. The Kier molecular flexibility index (Phi) is 6.19. The number of carboxylic acid groups (broad SMARTS) is 1. The minimum absolute atomic E-state index is 0.245. The summed E-state index contributed by atoms with van der Waals surface area (Å²) in [5.74, 6) is -0.900. The van der Waals surface area contributed by atoms with E-state index in [0.29, 0.717) is 5.56 Å². The van der Waals surface area contributed by atoms with Gasteiger partial charge in [-0.3, -0.25) is 0 Å². The number of allylic oxidation sites excluding steroid dienone is 7. The standard InChI is InChI=1S/C23H28O2/c1-17(14-15-21-18(2)10-8-16-23(21,3)4)9-7-12-19-11-5-6-13-20(19)22(24)25/h5-7,9,11-15H,8,10,16H2,1-4H3,(H,24,25)/b12-7+,15-14?,17-9-. The first-order chi connectivity index (χ1) is 11.8. The molecule has 0 spiro atoms. The lowest BCUT2D eigenvalue weighted by Crippen LogP contribution is -2.19. The monoisotopic (exact) mass is 336 g/mol. The number of aromatic carboxylic acids is 1. The predicted octanol–water partition coefficient (Wildman–Crippen LogP) is 6.43. The summed E-state index contributed by atoms with van der Waals surface area (Å²) in [7, 11) is 0. The quantitative estimate of drug-likeness (QED) is 0.629. The maximum absolute atomic E-state index is 11.2. The number of carbonyl (C=O) groups is 1. The third-order valence-corrected chi connectivity index (χ3v) is 4.88. The van der Waals surface area contributed by atoms with E-state index in [1.165, 1.54) is 30.4 Å². The van der Waals surface area contributed by atoms with Crippen LogP contribution in [0.15, 0.2) is 65.3 Å². The molecule has 0 radical (unpaired) electrons. The van der Waals surface area contributed by atoms with E-state index in [2.05, 4.69) is 39.8 Å². The smallest absolute Gasteiger partial charge is 0.336 e. The number of benzene rings is 1. The SMILES string of the molecule is CC1=C(C=C/C(C)=C\C=C\c2ccccc2C(=O)O)C(C)(C)CCC1. The van der Waals surface area contributed by atoms with Gasteiger partial charge in [-0.15, -0.1) is 0 Å². The van der Waals surface area contributed by atoms with Gasteiger partial charge >= 0.3 is 5.97 Å². The van der Waals surface area contributed by atoms with Crippen LogP contribution in [0.5, 0.6) is 0 Å². The highest BCUT2D eigenvalue weighted by atomic mass is 16.4. The predicted molar refractivity (Wildman–Crippen MR) is 106 cm³/mol. The van der Waals surface area contributed by atoms with Gasteiger partial charge in [0.1, 0.15) is 0 Å². The van der Waals surface area contributed by atoms with Crippen LogP contribution in [0.1, 0.15) is 62.9 Å². The van der Waals surface area contributed by atoms with Crippen LogP contribution in [0.4, 0.5) is 0 Å². The molecule has 0 saturated carbocycles. The Hall–Kier alpha value is -2.35. The number of rotatable bonds is 5. The van der Waals surface area contributed by atoms with Crippen molar-refractivity contribution >= 4 is 12.0 Å².